The summed E-state index contributed by atoms with van der Waals surface area (Å²) >= 11 is 0. The quantitative estimate of drug-likeness (QED) is 0.459. The van der Waals surface area contributed by atoms with E-state index in [1.165, 1.54) is 14.0 Å². The van der Waals surface area contributed by atoms with Gasteiger partial charge in [0.25, 0.3) is 0 Å². The smallest absolute Gasteiger partial charge is 0.320 e. The van der Waals surface area contributed by atoms with E-state index in [1.807, 2.05) is 0 Å². The second-order valence-corrected chi connectivity index (χ2v) is 3.37. The van der Waals surface area contributed by atoms with Gasteiger partial charge in [-0.2, -0.15) is 0 Å². The second-order valence-electron chi connectivity index (χ2n) is 3.37. The number of esters is 1. The van der Waals surface area contributed by atoms with Crippen LogP contribution in [-0.2, 0) is 14.3 Å². The topological polar surface area (TPSA) is 52.6 Å². The number of methoxy groups -OCH3 is 1. The fraction of sp³-hybridized carbons (Fsp3) is 0.333. The van der Waals surface area contributed by atoms with Crippen molar-refractivity contribution in [3.8, 4) is 5.75 Å². The maximum Gasteiger partial charge on any atom is 0.320 e. The van der Waals surface area contributed by atoms with Crippen molar-refractivity contribution in [2.45, 2.75) is 12.8 Å². The van der Waals surface area contributed by atoms with E-state index in [1.54, 1.807) is 0 Å². The normalized spacial score (nSPS) is 11.8. The summed E-state index contributed by atoms with van der Waals surface area (Å²) in [6.45, 7) is 1.54. The van der Waals surface area contributed by atoms with E-state index in [4.69, 9.17) is 0 Å². The van der Waals surface area contributed by atoms with Crippen molar-refractivity contribution in [2.24, 2.45) is 0 Å². The molecule has 0 heterocycles. The lowest BCUT2D eigenvalue weighted by molar-refractivity contribution is -0.146. The molecule has 1 rings (SSSR count). The summed E-state index contributed by atoms with van der Waals surface area (Å²) in [5.74, 6) is -4.71. The highest BCUT2D eigenvalue weighted by Crippen LogP contribution is 2.26. The minimum atomic E-state index is -1.61. The average Bonchev–Trinajstić information content (AvgIpc) is 2.33. The molecule has 1 aromatic carbocycles. The molecule has 0 aliphatic rings. The summed E-state index contributed by atoms with van der Waals surface area (Å²) in [4.78, 5) is 22.2. The van der Waals surface area contributed by atoms with Crippen LogP contribution in [0.4, 0.5) is 8.78 Å². The lowest BCUT2D eigenvalue weighted by Gasteiger charge is -2.12. The Morgan fingerprint density at radius 3 is 2.33 bits per heavy atom. The van der Waals surface area contributed by atoms with Crippen molar-refractivity contribution >= 4 is 12.3 Å². The van der Waals surface area contributed by atoms with Crippen molar-refractivity contribution in [3.05, 3.63) is 29.3 Å². The minimum Gasteiger partial charge on any atom is -0.497 e. The van der Waals surface area contributed by atoms with Crippen LogP contribution in [0.5, 0.6) is 5.75 Å². The van der Waals surface area contributed by atoms with Gasteiger partial charge in [-0.3, -0.25) is 4.79 Å². The van der Waals surface area contributed by atoms with Gasteiger partial charge in [-0.1, -0.05) is 0 Å². The monoisotopic (exact) mass is 258 g/mol. The van der Waals surface area contributed by atoms with Gasteiger partial charge in [0.2, 0.25) is 0 Å². The van der Waals surface area contributed by atoms with Gasteiger partial charge in [0.05, 0.1) is 13.7 Å². The molecule has 0 N–H and O–H groups in total. The van der Waals surface area contributed by atoms with Gasteiger partial charge in [0, 0.05) is 17.7 Å². The SMILES string of the molecule is CCOC(=O)C(C=O)c1c(F)cc(OC)cc1F. The molecule has 4 nitrogen and oxygen atoms in total. The Bertz CT molecular complexity index is 436. The molecule has 1 unspecified atom stereocenters. The first-order valence-corrected chi connectivity index (χ1v) is 5.20. The predicted octanol–water partition coefficient (Wildman–Crippen LogP) is 1.82. The second kappa shape index (κ2) is 6.09. The Labute approximate surface area is 103 Å². The highest BCUT2D eigenvalue weighted by atomic mass is 19.1. The maximum absolute atomic E-state index is 13.6. The Kier molecular flexibility index (Phi) is 4.76. The Hall–Kier alpha value is -1.98. The van der Waals surface area contributed by atoms with E-state index in [-0.39, 0.29) is 18.6 Å². The maximum atomic E-state index is 13.6. The van der Waals surface area contributed by atoms with Crippen LogP contribution in [0.2, 0.25) is 0 Å². The number of hydrogen-bond donors (Lipinski definition) is 0. The molecule has 98 valence electrons. The summed E-state index contributed by atoms with van der Waals surface area (Å²) in [5.41, 5.74) is -0.635. The number of rotatable bonds is 5. The van der Waals surface area contributed by atoms with Crippen LogP contribution >= 0.6 is 0 Å². The van der Waals surface area contributed by atoms with Gasteiger partial charge >= 0.3 is 5.97 Å². The van der Waals surface area contributed by atoms with Gasteiger partial charge in [-0.15, -0.1) is 0 Å². The molecule has 0 saturated carbocycles. The first kappa shape index (κ1) is 14.1. The molecule has 0 amide bonds. The highest BCUT2D eigenvalue weighted by Gasteiger charge is 2.28. The van der Waals surface area contributed by atoms with E-state index in [0.29, 0.717) is 0 Å². The number of carbonyl (C=O) groups is 2. The fourth-order valence-corrected chi connectivity index (χ4v) is 1.45. The highest BCUT2D eigenvalue weighted by molar-refractivity contribution is 5.94. The Morgan fingerprint density at radius 1 is 1.39 bits per heavy atom. The van der Waals surface area contributed by atoms with Crippen molar-refractivity contribution in [1.29, 1.82) is 0 Å². The van der Waals surface area contributed by atoms with Gasteiger partial charge in [0.1, 0.15) is 29.6 Å². The standard InChI is InChI=1S/C12H12F2O4/c1-3-18-12(16)8(6-15)11-9(13)4-7(17-2)5-10(11)14/h4-6,8H,3H2,1-2H3. The minimum absolute atomic E-state index is 0.0164. The van der Waals surface area contributed by atoms with Crippen molar-refractivity contribution < 1.29 is 27.8 Å². The number of hydrogen-bond acceptors (Lipinski definition) is 4. The number of ether oxygens (including phenoxy) is 2. The molecule has 0 fully saturated rings. The van der Waals surface area contributed by atoms with Crippen molar-refractivity contribution in [3.63, 3.8) is 0 Å². The van der Waals surface area contributed by atoms with Gasteiger partial charge in [0.15, 0.2) is 0 Å². The average molecular weight is 258 g/mol. The molecule has 1 atom stereocenters. The summed E-state index contributed by atoms with van der Waals surface area (Å²) in [6, 6.07) is 1.79. The van der Waals surface area contributed by atoms with Crippen LogP contribution in [0.25, 0.3) is 0 Å². The lowest BCUT2D eigenvalue weighted by Crippen LogP contribution is -2.19. The number of aldehydes is 1. The molecule has 0 aliphatic heterocycles. The lowest BCUT2D eigenvalue weighted by atomic mass is 9.99. The zero-order valence-electron chi connectivity index (χ0n) is 9.91. The van der Waals surface area contributed by atoms with E-state index < -0.39 is 29.1 Å². The molecule has 18 heavy (non-hydrogen) atoms. The molecule has 6 heteroatoms. The zero-order valence-corrected chi connectivity index (χ0v) is 9.91. The van der Waals surface area contributed by atoms with Crippen LogP contribution < -0.4 is 4.74 Å². The van der Waals surface area contributed by atoms with Crippen molar-refractivity contribution in [2.75, 3.05) is 13.7 Å². The molecule has 0 saturated heterocycles. The number of benzene rings is 1. The largest absolute Gasteiger partial charge is 0.497 e. The summed E-state index contributed by atoms with van der Waals surface area (Å²) in [7, 11) is 1.25. The van der Waals surface area contributed by atoms with Crippen LogP contribution in [0.1, 0.15) is 18.4 Å². The number of carbonyl (C=O) groups excluding carboxylic acids is 2. The van der Waals surface area contributed by atoms with Crippen LogP contribution in [0, 0.1) is 11.6 Å². The number of halogens is 2. The molecule has 0 spiro atoms. The van der Waals surface area contributed by atoms with Crippen LogP contribution in [-0.4, -0.2) is 26.0 Å². The Morgan fingerprint density at radius 2 is 1.94 bits per heavy atom. The van der Waals surface area contributed by atoms with Crippen LogP contribution in [0.15, 0.2) is 12.1 Å². The van der Waals surface area contributed by atoms with E-state index in [9.17, 15) is 18.4 Å². The summed E-state index contributed by atoms with van der Waals surface area (Å²) < 4.78 is 36.5. The molecule has 0 aromatic heterocycles. The van der Waals surface area contributed by atoms with Crippen LogP contribution in [0.3, 0.4) is 0 Å². The molecule has 0 bridgehead atoms. The molecule has 0 aliphatic carbocycles. The Balaban J connectivity index is 3.21. The van der Waals surface area contributed by atoms with Crippen molar-refractivity contribution in [1.82, 2.24) is 0 Å². The van der Waals surface area contributed by atoms with Gasteiger partial charge in [-0.05, 0) is 6.92 Å². The summed E-state index contributed by atoms with van der Waals surface area (Å²) in [6.07, 6.45) is 0.145. The molecule has 0 radical (unpaired) electrons. The van der Waals surface area contributed by atoms with E-state index in [0.717, 1.165) is 12.1 Å². The first-order valence-electron chi connectivity index (χ1n) is 5.20. The predicted molar refractivity (Wildman–Crippen MR) is 58.3 cm³/mol. The third-order valence-electron chi connectivity index (χ3n) is 2.28. The fourth-order valence-electron chi connectivity index (χ4n) is 1.45. The first-order chi connectivity index (χ1) is 8.54. The molecule has 1 aromatic rings. The molecular weight excluding hydrogens is 246 g/mol. The molecular formula is C12H12F2O4. The van der Waals surface area contributed by atoms with E-state index >= 15 is 0 Å². The third kappa shape index (κ3) is 2.82. The van der Waals surface area contributed by atoms with Gasteiger partial charge in [-0.25, -0.2) is 8.78 Å². The summed E-state index contributed by atoms with van der Waals surface area (Å²) in [5, 5.41) is 0. The van der Waals surface area contributed by atoms with Gasteiger partial charge < -0.3 is 14.3 Å². The third-order valence-corrected chi connectivity index (χ3v) is 2.28. The zero-order chi connectivity index (χ0) is 13.7. The van der Waals surface area contributed by atoms with E-state index in [2.05, 4.69) is 9.47 Å².